The standard InChI is InChI=1S/C21H27N3O3/c1-16(25)24(14-18-10-7-13-26-18)15-19-20(17-8-3-2-4-9-17)22-27-21(19)23-11-5-6-12-23/h2-4,8-9,18H,5-7,10-15H2,1H3/t18-/m0/s1. The summed E-state index contributed by atoms with van der Waals surface area (Å²) in [5.41, 5.74) is 2.84. The summed E-state index contributed by atoms with van der Waals surface area (Å²) in [5.74, 6) is 0.864. The summed E-state index contributed by atoms with van der Waals surface area (Å²) in [6.07, 6.45) is 4.53. The van der Waals surface area contributed by atoms with E-state index in [-0.39, 0.29) is 12.0 Å². The predicted molar refractivity (Wildman–Crippen MR) is 103 cm³/mol. The average Bonchev–Trinajstić information content (AvgIpc) is 3.43. The molecule has 3 heterocycles. The van der Waals surface area contributed by atoms with Crippen molar-refractivity contribution in [1.29, 1.82) is 0 Å². The molecule has 2 fully saturated rings. The average molecular weight is 369 g/mol. The summed E-state index contributed by atoms with van der Waals surface area (Å²) >= 11 is 0. The van der Waals surface area contributed by atoms with Crippen LogP contribution in [-0.4, -0.2) is 48.3 Å². The molecule has 2 aliphatic heterocycles. The van der Waals surface area contributed by atoms with Crippen LogP contribution >= 0.6 is 0 Å². The third-order valence-electron chi connectivity index (χ3n) is 5.45. The van der Waals surface area contributed by atoms with E-state index < -0.39 is 0 Å². The monoisotopic (exact) mass is 369 g/mol. The van der Waals surface area contributed by atoms with Gasteiger partial charge in [0.15, 0.2) is 0 Å². The molecule has 0 unspecified atom stereocenters. The highest BCUT2D eigenvalue weighted by Gasteiger charge is 2.28. The van der Waals surface area contributed by atoms with Crippen molar-refractivity contribution in [2.75, 3.05) is 31.1 Å². The van der Waals surface area contributed by atoms with Gasteiger partial charge in [-0.3, -0.25) is 4.79 Å². The van der Waals surface area contributed by atoms with Crippen LogP contribution in [-0.2, 0) is 16.1 Å². The van der Waals surface area contributed by atoms with E-state index in [1.54, 1.807) is 6.92 Å². The van der Waals surface area contributed by atoms with Gasteiger partial charge in [0.2, 0.25) is 11.8 Å². The number of amides is 1. The second kappa shape index (κ2) is 8.13. The molecule has 2 saturated heterocycles. The van der Waals surface area contributed by atoms with E-state index in [0.29, 0.717) is 13.1 Å². The smallest absolute Gasteiger partial charge is 0.232 e. The van der Waals surface area contributed by atoms with Crippen molar-refractivity contribution in [2.24, 2.45) is 0 Å². The number of carbonyl (C=O) groups excluding carboxylic acids is 1. The highest BCUT2D eigenvalue weighted by Crippen LogP contribution is 2.34. The van der Waals surface area contributed by atoms with Crippen molar-refractivity contribution in [2.45, 2.75) is 45.3 Å². The molecule has 1 amide bonds. The van der Waals surface area contributed by atoms with E-state index in [2.05, 4.69) is 10.1 Å². The van der Waals surface area contributed by atoms with Gasteiger partial charge in [0, 0.05) is 38.7 Å². The number of carbonyl (C=O) groups is 1. The number of nitrogens with zero attached hydrogens (tertiary/aromatic N) is 3. The van der Waals surface area contributed by atoms with Gasteiger partial charge in [-0.25, -0.2) is 0 Å². The maximum absolute atomic E-state index is 12.3. The first-order valence-electron chi connectivity index (χ1n) is 9.88. The summed E-state index contributed by atoms with van der Waals surface area (Å²) in [4.78, 5) is 16.5. The molecule has 0 aliphatic carbocycles. The Balaban J connectivity index is 1.65. The van der Waals surface area contributed by atoms with Crippen LogP contribution in [0.25, 0.3) is 11.3 Å². The van der Waals surface area contributed by atoms with Gasteiger partial charge >= 0.3 is 0 Å². The molecule has 0 N–H and O–H groups in total. The van der Waals surface area contributed by atoms with Crippen LogP contribution in [0.5, 0.6) is 0 Å². The third kappa shape index (κ3) is 4.00. The Bertz CT molecular complexity index is 762. The number of hydrogen-bond donors (Lipinski definition) is 0. The molecular weight excluding hydrogens is 342 g/mol. The molecule has 0 saturated carbocycles. The highest BCUT2D eigenvalue weighted by molar-refractivity contribution is 5.75. The third-order valence-corrected chi connectivity index (χ3v) is 5.45. The van der Waals surface area contributed by atoms with Crippen LogP contribution in [0.3, 0.4) is 0 Å². The fourth-order valence-corrected chi connectivity index (χ4v) is 3.96. The summed E-state index contributed by atoms with van der Waals surface area (Å²) < 4.78 is 11.5. The fraction of sp³-hybridized carbons (Fsp3) is 0.524. The van der Waals surface area contributed by atoms with Gasteiger partial charge in [0.05, 0.1) is 18.2 Å². The Morgan fingerprint density at radius 1 is 1.22 bits per heavy atom. The van der Waals surface area contributed by atoms with Crippen molar-refractivity contribution in [3.63, 3.8) is 0 Å². The Labute approximate surface area is 160 Å². The van der Waals surface area contributed by atoms with Gasteiger partial charge in [-0.1, -0.05) is 35.5 Å². The topological polar surface area (TPSA) is 58.8 Å². The van der Waals surface area contributed by atoms with Crippen LogP contribution < -0.4 is 4.90 Å². The molecule has 1 atom stereocenters. The summed E-state index contributed by atoms with van der Waals surface area (Å²) in [7, 11) is 0. The minimum atomic E-state index is 0.0538. The summed E-state index contributed by atoms with van der Waals surface area (Å²) in [6, 6.07) is 10.1. The molecule has 2 aromatic rings. The largest absolute Gasteiger partial charge is 0.376 e. The SMILES string of the molecule is CC(=O)N(Cc1c(-c2ccccc2)noc1N1CCCC1)C[C@@H]1CCCO1. The number of aromatic nitrogens is 1. The van der Waals surface area contributed by atoms with Crippen LogP contribution in [0.2, 0.25) is 0 Å². The number of ether oxygens (including phenoxy) is 1. The van der Waals surface area contributed by atoms with Crippen LogP contribution in [0.4, 0.5) is 5.88 Å². The van der Waals surface area contributed by atoms with E-state index >= 15 is 0 Å². The Hall–Kier alpha value is -2.34. The maximum atomic E-state index is 12.3. The van der Waals surface area contributed by atoms with Crippen molar-refractivity contribution in [3.8, 4) is 11.3 Å². The van der Waals surface area contributed by atoms with Gasteiger partial charge in [0.1, 0.15) is 5.69 Å². The minimum Gasteiger partial charge on any atom is -0.376 e. The van der Waals surface area contributed by atoms with E-state index in [1.807, 2.05) is 35.2 Å². The van der Waals surface area contributed by atoms with E-state index in [0.717, 1.165) is 68.1 Å². The first-order valence-corrected chi connectivity index (χ1v) is 9.88. The predicted octanol–water partition coefficient (Wildman–Crippen LogP) is 3.47. The highest BCUT2D eigenvalue weighted by atomic mass is 16.5. The molecule has 4 rings (SSSR count). The molecule has 1 aromatic carbocycles. The molecule has 6 nitrogen and oxygen atoms in total. The summed E-state index contributed by atoms with van der Waals surface area (Å²) in [5, 5.41) is 4.39. The van der Waals surface area contributed by atoms with Gasteiger partial charge in [-0.05, 0) is 25.7 Å². The van der Waals surface area contributed by atoms with Gasteiger partial charge in [-0.2, -0.15) is 0 Å². The number of rotatable bonds is 6. The lowest BCUT2D eigenvalue weighted by atomic mass is 10.1. The second-order valence-electron chi connectivity index (χ2n) is 7.41. The molecule has 6 heteroatoms. The molecule has 0 spiro atoms. The minimum absolute atomic E-state index is 0.0538. The lowest BCUT2D eigenvalue weighted by Gasteiger charge is -2.25. The lowest BCUT2D eigenvalue weighted by Crippen LogP contribution is -2.35. The van der Waals surface area contributed by atoms with Crippen molar-refractivity contribution in [3.05, 3.63) is 35.9 Å². The van der Waals surface area contributed by atoms with Gasteiger partial charge < -0.3 is 19.1 Å². The van der Waals surface area contributed by atoms with E-state index in [4.69, 9.17) is 9.26 Å². The number of benzene rings is 1. The Morgan fingerprint density at radius 2 is 2.00 bits per heavy atom. The Morgan fingerprint density at radius 3 is 2.67 bits per heavy atom. The van der Waals surface area contributed by atoms with Crippen LogP contribution in [0, 0.1) is 0 Å². The summed E-state index contributed by atoms with van der Waals surface area (Å²) in [6.45, 7) is 5.48. The quantitative estimate of drug-likeness (QED) is 0.780. The second-order valence-corrected chi connectivity index (χ2v) is 7.41. The zero-order valence-corrected chi connectivity index (χ0v) is 15.9. The van der Waals surface area contributed by atoms with E-state index in [1.165, 1.54) is 0 Å². The number of hydrogen-bond acceptors (Lipinski definition) is 5. The normalized spacial score (nSPS) is 19.6. The zero-order chi connectivity index (χ0) is 18.6. The first kappa shape index (κ1) is 18.0. The van der Waals surface area contributed by atoms with Crippen molar-refractivity contribution < 1.29 is 14.1 Å². The van der Waals surface area contributed by atoms with E-state index in [9.17, 15) is 4.79 Å². The van der Waals surface area contributed by atoms with Crippen molar-refractivity contribution in [1.82, 2.24) is 10.1 Å². The maximum Gasteiger partial charge on any atom is 0.232 e. The molecule has 144 valence electrons. The lowest BCUT2D eigenvalue weighted by molar-refractivity contribution is -0.131. The fourth-order valence-electron chi connectivity index (χ4n) is 3.96. The van der Waals surface area contributed by atoms with Crippen molar-refractivity contribution >= 4 is 11.8 Å². The molecule has 1 aromatic heterocycles. The first-order chi connectivity index (χ1) is 13.2. The molecule has 0 radical (unpaired) electrons. The number of anilines is 1. The molecule has 2 aliphatic rings. The molecule has 0 bridgehead atoms. The van der Waals surface area contributed by atoms with Gasteiger partial charge in [0.25, 0.3) is 0 Å². The van der Waals surface area contributed by atoms with Gasteiger partial charge in [-0.15, -0.1) is 0 Å². The van der Waals surface area contributed by atoms with Crippen LogP contribution in [0.15, 0.2) is 34.9 Å². The van der Waals surface area contributed by atoms with Crippen LogP contribution in [0.1, 0.15) is 38.2 Å². The molecule has 27 heavy (non-hydrogen) atoms. The molecular formula is C21H27N3O3. The zero-order valence-electron chi connectivity index (χ0n) is 15.9. The Kier molecular flexibility index (Phi) is 5.43.